The average Bonchev–Trinajstić information content (AvgIpc) is 1.45. The highest BCUT2D eigenvalue weighted by Gasteiger charge is 2.59. The summed E-state index contributed by atoms with van der Waals surface area (Å²) in [5, 5.41) is 30.2. The van der Waals surface area contributed by atoms with E-state index in [-0.39, 0.29) is 63.3 Å². The van der Waals surface area contributed by atoms with Crippen LogP contribution in [0.2, 0.25) is 0 Å². The molecule has 3 N–H and O–H groups in total. The monoisotopic (exact) mass is 1380 g/mol. The number of carbonyl (C=O) groups excluding carboxylic acids is 3. The molecule has 0 aromatic carbocycles. The van der Waals surface area contributed by atoms with Gasteiger partial charge < -0.3 is 39.0 Å². The van der Waals surface area contributed by atoms with Gasteiger partial charge in [0.2, 0.25) is 0 Å². The molecule has 3 aliphatic carbocycles. The van der Waals surface area contributed by atoms with Crippen LogP contribution in [0.3, 0.4) is 0 Å². The number of ether oxygens (including phenoxy) is 5. The van der Waals surface area contributed by atoms with Crippen LogP contribution in [0.25, 0.3) is 0 Å². The van der Waals surface area contributed by atoms with Gasteiger partial charge in [-0.15, -0.1) is 35.3 Å². The first-order chi connectivity index (χ1) is 42.1. The van der Waals surface area contributed by atoms with Gasteiger partial charge in [0.05, 0.1) is 46.9 Å². The predicted octanol–water partition coefficient (Wildman–Crippen LogP) is 18.9. The van der Waals surface area contributed by atoms with Crippen LogP contribution in [-0.2, 0) is 52.5 Å². The van der Waals surface area contributed by atoms with Crippen LogP contribution >= 0.6 is 71.5 Å². The molecule has 20 heteroatoms. The van der Waals surface area contributed by atoms with E-state index in [1.165, 1.54) is 166 Å². The van der Waals surface area contributed by atoms with Crippen molar-refractivity contribution >= 4 is 114 Å². The lowest BCUT2D eigenvalue weighted by molar-refractivity contribution is -0.178. The number of unbranched alkanes of at least 4 members (excludes halogenated alkanes) is 18. The van der Waals surface area contributed by atoms with Crippen LogP contribution in [-0.4, -0.2) is 125 Å². The van der Waals surface area contributed by atoms with Crippen molar-refractivity contribution in [1.29, 1.82) is 0 Å². The fourth-order valence-corrected chi connectivity index (χ4v) is 19.3. The molecule has 0 saturated heterocycles. The van der Waals surface area contributed by atoms with E-state index in [4.69, 9.17) is 53.2 Å². The third kappa shape index (κ3) is 31.0. The van der Waals surface area contributed by atoms with Gasteiger partial charge in [-0.2, -0.15) is 0 Å². The van der Waals surface area contributed by atoms with Crippen LogP contribution in [0.4, 0.5) is 0 Å². The third-order valence-corrected chi connectivity index (χ3v) is 24.4. The number of carboxylic acid groups (broad SMARTS) is 3. The minimum Gasteiger partial charge on any atom is -0.481 e. The minimum atomic E-state index is -1.75. The van der Waals surface area contributed by atoms with Gasteiger partial charge in [0.15, 0.2) is 0 Å². The number of rotatable bonds is 46. The largest absolute Gasteiger partial charge is 0.481 e. The van der Waals surface area contributed by atoms with Gasteiger partial charge in [0, 0.05) is 12.9 Å². The highest BCUT2D eigenvalue weighted by atomic mass is 32.2. The molecule has 3 rings (SSSR count). The van der Waals surface area contributed by atoms with Crippen LogP contribution in [0.5, 0.6) is 0 Å². The van der Waals surface area contributed by atoms with Gasteiger partial charge in [-0.3, -0.25) is 28.8 Å². The lowest BCUT2D eigenvalue weighted by Gasteiger charge is -2.45. The Morgan fingerprint density at radius 2 is 0.944 bits per heavy atom. The minimum absolute atomic E-state index is 0.0714. The molecule has 3 fully saturated rings. The summed E-state index contributed by atoms with van der Waals surface area (Å²) < 4.78 is 29.9. The van der Waals surface area contributed by atoms with Crippen LogP contribution < -0.4 is 0 Å². The van der Waals surface area contributed by atoms with E-state index in [0.29, 0.717) is 27.9 Å². The first kappa shape index (κ1) is 84.4. The molecule has 3 saturated carbocycles. The second-order valence-electron chi connectivity index (χ2n) is 29.6. The Bertz CT molecular complexity index is 2210. The number of thiocarbonyl (C=S) groups is 2. The summed E-state index contributed by atoms with van der Waals surface area (Å²) in [5.74, 6) is -1.28. The molecular weight excluding hydrogens is 1260 g/mol. The maximum absolute atomic E-state index is 15.2. The molecule has 522 valence electrons. The number of carbonyl (C=O) groups is 6. The number of methoxy groups -OCH3 is 1. The number of hydrogen-bond donors (Lipinski definition) is 3. The van der Waals surface area contributed by atoms with E-state index < -0.39 is 73.2 Å². The maximum atomic E-state index is 15.2. The third-order valence-electron chi connectivity index (χ3n) is 18.5. The molecule has 3 aliphatic rings. The maximum Gasteiger partial charge on any atom is 0.319 e. The van der Waals surface area contributed by atoms with Crippen molar-refractivity contribution in [3.63, 3.8) is 0 Å². The normalized spacial score (nSPS) is 20.7. The zero-order valence-corrected chi connectivity index (χ0v) is 63.0. The SMILES string of the molecule is CCCCCCCCCCCCSC(=S)SC(C)(C)C(=O)O.CCCCCCCCCCCCSC(=S)SCC(C)(CC(C)(CC(C)(CC(C)(CC(C)(C)C(=O)O)C(=O)O)C(=O)OC1CC2CC1C1CCCC21)C(=O)OCCOCCOC)C(=O)OC(C)(C)C. The molecule has 0 radical (unpaired) electrons. The molecule has 2 bridgehead atoms. The van der Waals surface area contributed by atoms with Crippen LogP contribution in [0.1, 0.15) is 276 Å². The van der Waals surface area contributed by atoms with Gasteiger partial charge in [-0.25, -0.2) is 0 Å². The van der Waals surface area contributed by atoms with Gasteiger partial charge in [0.25, 0.3) is 0 Å². The number of esters is 3. The van der Waals surface area contributed by atoms with E-state index in [1.54, 1.807) is 86.0 Å². The summed E-state index contributed by atoms with van der Waals surface area (Å²) in [6.07, 6.45) is 29.5. The lowest BCUT2D eigenvalue weighted by atomic mass is 9.59. The molecule has 0 spiro atoms. The first-order valence-corrected chi connectivity index (χ1v) is 38.8. The summed E-state index contributed by atoms with van der Waals surface area (Å²) >= 11 is 17.0. The number of carboxylic acids is 3. The quantitative estimate of drug-likeness (QED) is 0.0224. The summed E-state index contributed by atoms with van der Waals surface area (Å²) in [5.41, 5.74) is -8.71. The van der Waals surface area contributed by atoms with Crippen LogP contribution in [0.15, 0.2) is 0 Å². The fourth-order valence-electron chi connectivity index (χ4n) is 13.9. The van der Waals surface area contributed by atoms with E-state index in [0.717, 1.165) is 53.6 Å². The van der Waals surface area contributed by atoms with E-state index in [9.17, 15) is 34.2 Å². The molecule has 14 nitrogen and oxygen atoms in total. The number of fused-ring (bicyclic) bond motifs is 5. The molecule has 0 aromatic rings. The van der Waals surface area contributed by atoms with Crippen molar-refractivity contribution in [3.8, 4) is 0 Å². The van der Waals surface area contributed by atoms with E-state index >= 15 is 4.79 Å². The molecular formula is C70H122O14S6. The van der Waals surface area contributed by atoms with Gasteiger partial charge >= 0.3 is 35.8 Å². The summed E-state index contributed by atoms with van der Waals surface area (Å²) in [6, 6.07) is 0. The van der Waals surface area contributed by atoms with Crippen molar-refractivity contribution in [2.24, 2.45) is 50.7 Å². The Morgan fingerprint density at radius 3 is 1.43 bits per heavy atom. The summed E-state index contributed by atoms with van der Waals surface area (Å²) in [4.78, 5) is 81.5. The predicted molar refractivity (Wildman–Crippen MR) is 382 cm³/mol. The molecule has 9 atom stereocenters. The Hall–Kier alpha value is -1.68. The van der Waals surface area contributed by atoms with Crippen molar-refractivity contribution in [3.05, 3.63) is 0 Å². The summed E-state index contributed by atoms with van der Waals surface area (Å²) in [6.45, 7) is 23.3. The van der Waals surface area contributed by atoms with E-state index in [1.807, 2.05) is 0 Å². The molecule has 0 heterocycles. The zero-order valence-electron chi connectivity index (χ0n) is 58.1. The smallest absolute Gasteiger partial charge is 0.319 e. The van der Waals surface area contributed by atoms with Crippen LogP contribution in [0, 0.1) is 50.7 Å². The zero-order chi connectivity index (χ0) is 67.8. The molecule has 0 aliphatic heterocycles. The summed E-state index contributed by atoms with van der Waals surface area (Å²) in [7, 11) is 1.56. The highest BCUT2D eigenvalue weighted by Crippen LogP contribution is 2.60. The standard InChI is InChI=1S/C53H90O12S3.C17H32O2S3/c1-12-13-14-15-16-17-18-19-20-21-29-67-47(66)68-36-53(10,46(60)65-48(2,3)4)35-51(8,44(58)63-28-27-62-26-25-61-11)34-52(9,33-50(7,43(56)57)32-49(5,6)42(54)55)45(59)64-41-31-37-30-40(41)39-24-22-23-38(37)39;1-4-5-6-7-8-9-10-11-12-13-14-21-16(20)22-17(2,3)15(18)19/h37-41H,12-36H2,1-11H3,(H,54,55)(H,56,57);4-14H2,1-3H3,(H,18,19). The fraction of sp³-hybridized carbons (Fsp3) is 0.886. The van der Waals surface area contributed by atoms with Gasteiger partial charge in [-0.1, -0.05) is 172 Å². The van der Waals surface area contributed by atoms with E-state index in [2.05, 4.69) is 13.8 Å². The topological polar surface area (TPSA) is 209 Å². The first-order valence-electron chi connectivity index (χ1n) is 34.2. The highest BCUT2D eigenvalue weighted by molar-refractivity contribution is 8.48. The Labute approximate surface area is 572 Å². The number of aliphatic carboxylic acids is 3. The molecule has 90 heavy (non-hydrogen) atoms. The molecule has 0 aromatic heterocycles. The lowest BCUT2D eigenvalue weighted by Crippen LogP contribution is -2.50. The number of hydrogen-bond acceptors (Lipinski definition) is 17. The van der Waals surface area contributed by atoms with Gasteiger partial charge in [0.1, 0.15) is 30.1 Å². The number of thioether (sulfide) groups is 4. The molecule has 0 amide bonds. The van der Waals surface area contributed by atoms with Crippen molar-refractivity contribution in [2.45, 2.75) is 293 Å². The Balaban J connectivity index is 0.00000106. The second-order valence-corrected chi connectivity index (χ2v) is 36.7. The Kier molecular flexibility index (Phi) is 39.5. The average molecular weight is 1380 g/mol. The van der Waals surface area contributed by atoms with Crippen molar-refractivity contribution in [2.75, 3.05) is 50.8 Å². The van der Waals surface area contributed by atoms with Crippen molar-refractivity contribution in [1.82, 2.24) is 0 Å². The second kappa shape index (κ2) is 42.1. The molecule has 9 unspecified atom stereocenters. The van der Waals surface area contributed by atoms with Crippen molar-refractivity contribution < 1.29 is 67.8 Å². The Morgan fingerprint density at radius 1 is 0.478 bits per heavy atom. The van der Waals surface area contributed by atoms with Gasteiger partial charge in [-0.05, 0) is 176 Å².